The van der Waals surface area contributed by atoms with Gasteiger partial charge in [0.25, 0.3) is 0 Å². The summed E-state index contributed by atoms with van der Waals surface area (Å²) in [4.78, 5) is 10.6. The van der Waals surface area contributed by atoms with E-state index in [2.05, 4.69) is 6.58 Å². The molecule has 1 unspecified atom stereocenters. The van der Waals surface area contributed by atoms with Crippen LogP contribution in [-0.4, -0.2) is 12.1 Å². The summed E-state index contributed by atoms with van der Waals surface area (Å²) in [5.74, 6) is -0.196. The summed E-state index contributed by atoms with van der Waals surface area (Å²) < 4.78 is 5.06. The Morgan fingerprint density at radius 1 is 1.64 bits per heavy atom. The van der Waals surface area contributed by atoms with Crippen LogP contribution in [0.5, 0.6) is 0 Å². The standard InChI is InChI=1S/C9H14O2/c1-7-5-3-4-6-9(7)11-8(2)10/h9H,1,3-6H2,2H3. The molecule has 0 aliphatic heterocycles. The molecule has 0 N–H and O–H groups in total. The van der Waals surface area contributed by atoms with Gasteiger partial charge in [-0.15, -0.1) is 0 Å². The highest BCUT2D eigenvalue weighted by Gasteiger charge is 2.19. The van der Waals surface area contributed by atoms with E-state index in [9.17, 15) is 4.79 Å². The van der Waals surface area contributed by atoms with Gasteiger partial charge in [-0.1, -0.05) is 6.58 Å². The molecule has 1 aliphatic carbocycles. The van der Waals surface area contributed by atoms with E-state index in [1.54, 1.807) is 0 Å². The highest BCUT2D eigenvalue weighted by atomic mass is 16.5. The van der Waals surface area contributed by atoms with E-state index in [1.807, 2.05) is 0 Å². The Morgan fingerprint density at radius 3 is 2.91 bits per heavy atom. The predicted octanol–water partition coefficient (Wildman–Crippen LogP) is 2.05. The molecule has 1 fully saturated rings. The van der Waals surface area contributed by atoms with E-state index < -0.39 is 0 Å². The van der Waals surface area contributed by atoms with Crippen molar-refractivity contribution in [2.45, 2.75) is 38.7 Å². The Morgan fingerprint density at radius 2 is 2.36 bits per heavy atom. The normalized spacial score (nSPS) is 24.8. The second kappa shape index (κ2) is 3.56. The van der Waals surface area contributed by atoms with Gasteiger partial charge in [0, 0.05) is 6.92 Å². The molecule has 62 valence electrons. The van der Waals surface area contributed by atoms with Gasteiger partial charge in [0.2, 0.25) is 0 Å². The summed E-state index contributed by atoms with van der Waals surface area (Å²) in [6.45, 7) is 5.32. The Balaban J connectivity index is 2.42. The quantitative estimate of drug-likeness (QED) is 0.427. The predicted molar refractivity (Wildman–Crippen MR) is 43.2 cm³/mol. The number of ether oxygens (including phenoxy) is 1. The molecule has 1 aliphatic rings. The molecule has 0 saturated heterocycles. The minimum Gasteiger partial charge on any atom is -0.458 e. The van der Waals surface area contributed by atoms with Crippen molar-refractivity contribution in [3.05, 3.63) is 12.2 Å². The molecule has 11 heavy (non-hydrogen) atoms. The smallest absolute Gasteiger partial charge is 0.303 e. The molecule has 2 heteroatoms. The second-order valence-corrected chi connectivity index (χ2v) is 3.00. The highest BCUT2D eigenvalue weighted by molar-refractivity contribution is 5.66. The van der Waals surface area contributed by atoms with Crippen molar-refractivity contribution < 1.29 is 9.53 Å². The maximum absolute atomic E-state index is 10.6. The molecule has 0 aromatic heterocycles. The van der Waals surface area contributed by atoms with Crippen LogP contribution in [0.2, 0.25) is 0 Å². The summed E-state index contributed by atoms with van der Waals surface area (Å²) in [7, 11) is 0. The fourth-order valence-electron chi connectivity index (χ4n) is 1.39. The molecular formula is C9H14O2. The van der Waals surface area contributed by atoms with E-state index >= 15 is 0 Å². The van der Waals surface area contributed by atoms with Gasteiger partial charge < -0.3 is 4.74 Å². The van der Waals surface area contributed by atoms with Crippen molar-refractivity contribution in [1.29, 1.82) is 0 Å². The van der Waals surface area contributed by atoms with Crippen molar-refractivity contribution in [1.82, 2.24) is 0 Å². The van der Waals surface area contributed by atoms with Crippen LogP contribution < -0.4 is 0 Å². The SMILES string of the molecule is C=C1CCCCC1OC(C)=O. The van der Waals surface area contributed by atoms with Crippen LogP contribution in [0.3, 0.4) is 0 Å². The largest absolute Gasteiger partial charge is 0.458 e. The average molecular weight is 154 g/mol. The fraction of sp³-hybridized carbons (Fsp3) is 0.667. The lowest BCUT2D eigenvalue weighted by molar-refractivity contribution is -0.145. The zero-order valence-electron chi connectivity index (χ0n) is 6.93. The third-order valence-corrected chi connectivity index (χ3v) is 1.98. The minimum atomic E-state index is -0.196. The van der Waals surface area contributed by atoms with Crippen molar-refractivity contribution in [3.63, 3.8) is 0 Å². The molecule has 1 saturated carbocycles. The number of carbonyl (C=O) groups excluding carboxylic acids is 1. The summed E-state index contributed by atoms with van der Waals surface area (Å²) in [5.41, 5.74) is 1.08. The van der Waals surface area contributed by atoms with Gasteiger partial charge in [-0.2, -0.15) is 0 Å². The molecule has 1 atom stereocenters. The molecule has 0 amide bonds. The van der Waals surface area contributed by atoms with Crippen molar-refractivity contribution in [2.24, 2.45) is 0 Å². The fourth-order valence-corrected chi connectivity index (χ4v) is 1.39. The van der Waals surface area contributed by atoms with Crippen molar-refractivity contribution in [3.8, 4) is 0 Å². The maximum Gasteiger partial charge on any atom is 0.303 e. The summed E-state index contributed by atoms with van der Waals surface area (Å²) >= 11 is 0. The molecular weight excluding hydrogens is 140 g/mol. The summed E-state index contributed by atoms with van der Waals surface area (Å²) in [6, 6.07) is 0. The minimum absolute atomic E-state index is 0.00116. The number of carbonyl (C=O) groups is 1. The van der Waals surface area contributed by atoms with Crippen LogP contribution in [-0.2, 0) is 9.53 Å². The van der Waals surface area contributed by atoms with Gasteiger partial charge >= 0.3 is 5.97 Å². The van der Waals surface area contributed by atoms with Crippen LogP contribution >= 0.6 is 0 Å². The van der Waals surface area contributed by atoms with E-state index in [4.69, 9.17) is 4.74 Å². The molecule has 2 nitrogen and oxygen atoms in total. The first-order chi connectivity index (χ1) is 5.20. The van der Waals surface area contributed by atoms with Crippen LogP contribution in [0.15, 0.2) is 12.2 Å². The number of esters is 1. The summed E-state index contributed by atoms with van der Waals surface area (Å²) in [5, 5.41) is 0. The van der Waals surface area contributed by atoms with Crippen molar-refractivity contribution >= 4 is 5.97 Å². The van der Waals surface area contributed by atoms with Gasteiger partial charge in [-0.3, -0.25) is 4.79 Å². The van der Waals surface area contributed by atoms with E-state index in [-0.39, 0.29) is 12.1 Å². The third kappa shape index (κ3) is 2.37. The van der Waals surface area contributed by atoms with E-state index in [1.165, 1.54) is 13.3 Å². The van der Waals surface area contributed by atoms with Crippen molar-refractivity contribution in [2.75, 3.05) is 0 Å². The average Bonchev–Trinajstić information content (AvgIpc) is 1.93. The monoisotopic (exact) mass is 154 g/mol. The zero-order valence-corrected chi connectivity index (χ0v) is 6.93. The summed E-state index contributed by atoms with van der Waals surface area (Å²) in [6.07, 6.45) is 4.31. The van der Waals surface area contributed by atoms with Crippen LogP contribution in [0, 0.1) is 0 Å². The molecule has 0 spiro atoms. The molecule has 0 radical (unpaired) electrons. The van der Waals surface area contributed by atoms with Crippen LogP contribution in [0.1, 0.15) is 32.6 Å². The van der Waals surface area contributed by atoms with Gasteiger partial charge in [0.05, 0.1) is 0 Å². The lowest BCUT2D eigenvalue weighted by atomic mass is 9.93. The van der Waals surface area contributed by atoms with Gasteiger partial charge in [-0.25, -0.2) is 0 Å². The first kappa shape index (κ1) is 8.31. The number of rotatable bonds is 1. The van der Waals surface area contributed by atoms with E-state index in [0.717, 1.165) is 24.8 Å². The first-order valence-electron chi connectivity index (χ1n) is 4.05. The Labute approximate surface area is 67.2 Å². The maximum atomic E-state index is 10.6. The lowest BCUT2D eigenvalue weighted by Crippen LogP contribution is -2.21. The zero-order chi connectivity index (χ0) is 8.27. The molecule has 0 bridgehead atoms. The Kier molecular flexibility index (Phi) is 2.69. The van der Waals surface area contributed by atoms with Crippen LogP contribution in [0.25, 0.3) is 0 Å². The number of hydrogen-bond acceptors (Lipinski definition) is 2. The molecule has 0 heterocycles. The third-order valence-electron chi connectivity index (χ3n) is 1.98. The number of hydrogen-bond donors (Lipinski definition) is 0. The highest BCUT2D eigenvalue weighted by Crippen LogP contribution is 2.24. The Hall–Kier alpha value is -0.790. The van der Waals surface area contributed by atoms with Gasteiger partial charge in [0.1, 0.15) is 6.10 Å². The van der Waals surface area contributed by atoms with E-state index in [0.29, 0.717) is 0 Å². The molecule has 0 aromatic carbocycles. The molecule has 0 aromatic rings. The topological polar surface area (TPSA) is 26.3 Å². The van der Waals surface area contributed by atoms with Crippen LogP contribution in [0.4, 0.5) is 0 Å². The first-order valence-corrected chi connectivity index (χ1v) is 4.05. The Bertz CT molecular complexity index is 172. The molecule has 1 rings (SSSR count). The lowest BCUT2D eigenvalue weighted by Gasteiger charge is -2.23. The van der Waals surface area contributed by atoms with Gasteiger partial charge in [-0.05, 0) is 31.3 Å². The van der Waals surface area contributed by atoms with Gasteiger partial charge in [0.15, 0.2) is 0 Å². The second-order valence-electron chi connectivity index (χ2n) is 3.00.